The molecule has 0 N–H and O–H groups in total. The summed E-state index contributed by atoms with van der Waals surface area (Å²) in [6, 6.07) is 2.18. The molecule has 0 unspecified atom stereocenters. The fraction of sp³-hybridized carbons (Fsp3) is 0.909. The van der Waals surface area contributed by atoms with Crippen molar-refractivity contribution in [1.29, 1.82) is 5.26 Å². The Morgan fingerprint density at radius 2 is 1.87 bits per heavy atom. The lowest BCUT2D eigenvalue weighted by Gasteiger charge is -2.37. The van der Waals surface area contributed by atoms with E-state index in [1.807, 2.05) is 0 Å². The highest BCUT2D eigenvalue weighted by molar-refractivity contribution is 4.83. The predicted molar refractivity (Wildman–Crippen MR) is 55.2 cm³/mol. The monoisotopic (exact) mass is 210 g/mol. The summed E-state index contributed by atoms with van der Waals surface area (Å²) >= 11 is 0. The normalized spacial score (nSPS) is 25.5. The standard InChI is InChI=1S/C11H18N2O2/c12-5-1-2-6-13-7-3-11(4-8-13)14-9-10-15-11/h1-4,6-10H2. The molecule has 0 saturated carbocycles. The maximum atomic E-state index is 8.45. The van der Waals surface area contributed by atoms with E-state index in [9.17, 15) is 0 Å². The minimum atomic E-state index is -0.258. The molecule has 1 spiro atoms. The average Bonchev–Trinajstić information content (AvgIpc) is 2.71. The molecular formula is C11H18N2O2. The summed E-state index contributed by atoms with van der Waals surface area (Å²) < 4.78 is 11.3. The largest absolute Gasteiger partial charge is 0.347 e. The summed E-state index contributed by atoms with van der Waals surface area (Å²) in [5, 5.41) is 8.45. The molecule has 0 aliphatic carbocycles. The molecule has 84 valence electrons. The minimum absolute atomic E-state index is 0.258. The smallest absolute Gasteiger partial charge is 0.170 e. The lowest BCUT2D eigenvalue weighted by Crippen LogP contribution is -2.45. The van der Waals surface area contributed by atoms with Crippen LogP contribution in [0.2, 0.25) is 0 Å². The zero-order valence-corrected chi connectivity index (χ0v) is 9.07. The minimum Gasteiger partial charge on any atom is -0.347 e. The van der Waals surface area contributed by atoms with Crippen LogP contribution in [-0.2, 0) is 9.47 Å². The Labute approximate surface area is 90.8 Å². The van der Waals surface area contributed by atoms with Crippen LogP contribution < -0.4 is 0 Å². The first kappa shape index (κ1) is 10.9. The van der Waals surface area contributed by atoms with Gasteiger partial charge in [0.05, 0.1) is 19.3 Å². The third kappa shape index (κ3) is 2.69. The number of ether oxygens (including phenoxy) is 2. The van der Waals surface area contributed by atoms with Crippen LogP contribution >= 0.6 is 0 Å². The van der Waals surface area contributed by atoms with Crippen LogP contribution in [0.5, 0.6) is 0 Å². The lowest BCUT2D eigenvalue weighted by atomic mass is 10.0. The van der Waals surface area contributed by atoms with Crippen LogP contribution in [0.4, 0.5) is 0 Å². The first-order valence-electron chi connectivity index (χ1n) is 5.72. The highest BCUT2D eigenvalue weighted by atomic mass is 16.7. The molecule has 0 aromatic rings. The highest BCUT2D eigenvalue weighted by Gasteiger charge is 2.39. The van der Waals surface area contributed by atoms with Crippen molar-refractivity contribution in [1.82, 2.24) is 4.90 Å². The number of nitrogens with zero attached hydrogens (tertiary/aromatic N) is 2. The first-order valence-corrected chi connectivity index (χ1v) is 5.72. The van der Waals surface area contributed by atoms with Gasteiger partial charge in [0.2, 0.25) is 0 Å². The zero-order valence-electron chi connectivity index (χ0n) is 9.07. The molecule has 0 atom stereocenters. The molecule has 0 bridgehead atoms. The summed E-state index contributed by atoms with van der Waals surface area (Å²) in [6.07, 6.45) is 3.58. The van der Waals surface area contributed by atoms with E-state index < -0.39 is 0 Å². The van der Waals surface area contributed by atoms with Crippen molar-refractivity contribution in [2.24, 2.45) is 0 Å². The van der Waals surface area contributed by atoms with E-state index in [0.29, 0.717) is 6.42 Å². The molecule has 4 heteroatoms. The van der Waals surface area contributed by atoms with Crippen LogP contribution in [-0.4, -0.2) is 43.5 Å². The molecule has 2 rings (SSSR count). The van der Waals surface area contributed by atoms with Gasteiger partial charge in [0.25, 0.3) is 0 Å². The van der Waals surface area contributed by atoms with E-state index >= 15 is 0 Å². The van der Waals surface area contributed by atoms with E-state index in [0.717, 1.165) is 52.1 Å². The number of rotatable bonds is 3. The maximum Gasteiger partial charge on any atom is 0.170 e. The van der Waals surface area contributed by atoms with Gasteiger partial charge in [-0.25, -0.2) is 0 Å². The number of nitriles is 1. The molecule has 2 heterocycles. The number of hydrogen-bond acceptors (Lipinski definition) is 4. The molecule has 15 heavy (non-hydrogen) atoms. The number of piperidine rings is 1. The lowest BCUT2D eigenvalue weighted by molar-refractivity contribution is -0.185. The van der Waals surface area contributed by atoms with Gasteiger partial charge in [-0.05, 0) is 13.0 Å². The van der Waals surface area contributed by atoms with Crippen molar-refractivity contribution in [2.45, 2.75) is 31.5 Å². The van der Waals surface area contributed by atoms with Crippen molar-refractivity contribution in [3.05, 3.63) is 0 Å². The summed E-state index contributed by atoms with van der Waals surface area (Å²) in [5.74, 6) is -0.258. The van der Waals surface area contributed by atoms with Crippen LogP contribution in [0.25, 0.3) is 0 Å². The first-order chi connectivity index (χ1) is 7.35. The predicted octanol–water partition coefficient (Wildman–Crippen LogP) is 1.13. The van der Waals surface area contributed by atoms with E-state index in [4.69, 9.17) is 14.7 Å². The van der Waals surface area contributed by atoms with Crippen LogP contribution in [0.1, 0.15) is 25.7 Å². The van der Waals surface area contributed by atoms with E-state index in [-0.39, 0.29) is 5.79 Å². The van der Waals surface area contributed by atoms with Crippen LogP contribution in [0.15, 0.2) is 0 Å². The van der Waals surface area contributed by atoms with Gasteiger partial charge in [-0.1, -0.05) is 0 Å². The van der Waals surface area contributed by atoms with Gasteiger partial charge in [-0.3, -0.25) is 0 Å². The molecule has 4 nitrogen and oxygen atoms in total. The number of unbranched alkanes of at least 4 members (excludes halogenated alkanes) is 1. The molecule has 2 aliphatic heterocycles. The average molecular weight is 210 g/mol. The second kappa shape index (κ2) is 4.93. The topological polar surface area (TPSA) is 45.5 Å². The van der Waals surface area contributed by atoms with Gasteiger partial charge in [0.15, 0.2) is 5.79 Å². The van der Waals surface area contributed by atoms with E-state index in [1.165, 1.54) is 0 Å². The van der Waals surface area contributed by atoms with Crippen molar-refractivity contribution in [2.75, 3.05) is 32.8 Å². The maximum absolute atomic E-state index is 8.45. The van der Waals surface area contributed by atoms with Crippen molar-refractivity contribution in [3.63, 3.8) is 0 Å². The van der Waals surface area contributed by atoms with Gasteiger partial charge in [0, 0.05) is 32.4 Å². The fourth-order valence-corrected chi connectivity index (χ4v) is 2.28. The van der Waals surface area contributed by atoms with Gasteiger partial charge in [0.1, 0.15) is 0 Å². The Kier molecular flexibility index (Phi) is 3.57. The second-order valence-electron chi connectivity index (χ2n) is 4.21. The van der Waals surface area contributed by atoms with Crippen molar-refractivity contribution >= 4 is 0 Å². The third-order valence-corrected chi connectivity index (χ3v) is 3.19. The summed E-state index contributed by atoms with van der Waals surface area (Å²) in [4.78, 5) is 2.40. The molecule has 0 aromatic carbocycles. The van der Waals surface area contributed by atoms with Gasteiger partial charge in [-0.2, -0.15) is 5.26 Å². The van der Waals surface area contributed by atoms with E-state index in [2.05, 4.69) is 11.0 Å². The van der Waals surface area contributed by atoms with Gasteiger partial charge in [-0.15, -0.1) is 0 Å². The Morgan fingerprint density at radius 3 is 2.47 bits per heavy atom. The SMILES string of the molecule is N#CCCCN1CCC2(CC1)OCCO2. The molecular weight excluding hydrogens is 192 g/mol. The summed E-state index contributed by atoms with van der Waals surface area (Å²) in [5.41, 5.74) is 0. The Morgan fingerprint density at radius 1 is 1.20 bits per heavy atom. The molecule has 0 aromatic heterocycles. The quantitative estimate of drug-likeness (QED) is 0.655. The van der Waals surface area contributed by atoms with Crippen molar-refractivity contribution < 1.29 is 9.47 Å². The Bertz CT molecular complexity index is 233. The van der Waals surface area contributed by atoms with Crippen LogP contribution in [0, 0.1) is 11.3 Å². The molecule has 2 saturated heterocycles. The number of likely N-dealkylation sites (tertiary alicyclic amines) is 1. The van der Waals surface area contributed by atoms with Gasteiger partial charge >= 0.3 is 0 Å². The Balaban J connectivity index is 1.70. The molecule has 2 fully saturated rings. The van der Waals surface area contributed by atoms with Crippen molar-refractivity contribution in [3.8, 4) is 6.07 Å². The second-order valence-corrected chi connectivity index (χ2v) is 4.21. The fourth-order valence-electron chi connectivity index (χ4n) is 2.28. The third-order valence-electron chi connectivity index (χ3n) is 3.19. The zero-order chi connectivity index (χ0) is 10.6. The summed E-state index contributed by atoms with van der Waals surface area (Å²) in [6.45, 7) is 4.59. The van der Waals surface area contributed by atoms with Gasteiger partial charge < -0.3 is 14.4 Å². The van der Waals surface area contributed by atoms with Crippen LogP contribution in [0.3, 0.4) is 0 Å². The molecule has 0 amide bonds. The van der Waals surface area contributed by atoms with E-state index in [1.54, 1.807) is 0 Å². The number of hydrogen-bond donors (Lipinski definition) is 0. The highest BCUT2D eigenvalue weighted by Crippen LogP contribution is 2.31. The molecule has 2 aliphatic rings. The summed E-state index contributed by atoms with van der Waals surface area (Å²) in [7, 11) is 0. The molecule has 0 radical (unpaired) electrons. The Hall–Kier alpha value is -0.630.